The molecular formula is C20H23BN2OS. The van der Waals surface area contributed by atoms with Crippen molar-refractivity contribution in [1.29, 1.82) is 0 Å². The molecule has 0 saturated carbocycles. The maximum absolute atomic E-state index is 13.3. The van der Waals surface area contributed by atoms with Crippen molar-refractivity contribution in [2.24, 2.45) is 5.41 Å². The van der Waals surface area contributed by atoms with Gasteiger partial charge in [-0.1, -0.05) is 51.1 Å². The number of ketones is 1. The Morgan fingerprint density at radius 2 is 1.96 bits per heavy atom. The van der Waals surface area contributed by atoms with Crippen LogP contribution in [0.25, 0.3) is 0 Å². The van der Waals surface area contributed by atoms with Crippen molar-refractivity contribution in [3.8, 4) is 0 Å². The maximum Gasteiger partial charge on any atom is 0.177 e. The highest BCUT2D eigenvalue weighted by Gasteiger charge is 2.50. The first-order chi connectivity index (χ1) is 11.9. The zero-order valence-electron chi connectivity index (χ0n) is 15.3. The van der Waals surface area contributed by atoms with E-state index in [-0.39, 0.29) is 16.6 Å². The molecule has 0 bridgehead atoms. The lowest BCUT2D eigenvalue weighted by atomic mass is 9.62. The van der Waals surface area contributed by atoms with E-state index in [1.165, 1.54) is 10.4 Å². The molecule has 1 aromatic heterocycles. The van der Waals surface area contributed by atoms with Crippen LogP contribution in [-0.4, -0.2) is 18.6 Å². The van der Waals surface area contributed by atoms with Crippen molar-refractivity contribution in [3.63, 3.8) is 0 Å². The largest absolute Gasteiger partial charge is 0.342 e. The van der Waals surface area contributed by atoms with Crippen molar-refractivity contribution >= 4 is 35.7 Å². The monoisotopic (exact) mass is 350 g/mol. The van der Waals surface area contributed by atoms with Crippen LogP contribution >= 0.6 is 11.3 Å². The van der Waals surface area contributed by atoms with Gasteiger partial charge in [-0.15, -0.1) is 11.3 Å². The summed E-state index contributed by atoms with van der Waals surface area (Å²) in [4.78, 5) is 20.3. The molecule has 128 valence electrons. The summed E-state index contributed by atoms with van der Waals surface area (Å²) in [5, 5.41) is 3.52. The highest BCUT2D eigenvalue weighted by molar-refractivity contribution is 7.20. The molecule has 1 aliphatic carbocycles. The topological polar surface area (TPSA) is 42.0 Å². The van der Waals surface area contributed by atoms with E-state index < -0.39 is 0 Å². The number of hydrogen-bond donors (Lipinski definition) is 1. The molecule has 4 rings (SSSR count). The number of benzene rings is 1. The van der Waals surface area contributed by atoms with Crippen LogP contribution in [0.2, 0.25) is 0 Å². The van der Waals surface area contributed by atoms with Gasteiger partial charge in [0.25, 0.3) is 0 Å². The number of nitrogens with zero attached hydrogens (tertiary/aromatic N) is 1. The van der Waals surface area contributed by atoms with Gasteiger partial charge in [-0.25, -0.2) is 4.98 Å². The Morgan fingerprint density at radius 3 is 2.64 bits per heavy atom. The maximum atomic E-state index is 13.3. The lowest BCUT2D eigenvalue weighted by Crippen LogP contribution is -2.42. The van der Waals surface area contributed by atoms with Gasteiger partial charge in [0.2, 0.25) is 0 Å². The molecule has 1 N–H and O–H groups in total. The van der Waals surface area contributed by atoms with E-state index >= 15 is 0 Å². The minimum Gasteiger partial charge on any atom is -0.342 e. The minimum absolute atomic E-state index is 0.0122. The van der Waals surface area contributed by atoms with Gasteiger partial charge in [0.05, 0.1) is 10.3 Å². The van der Waals surface area contributed by atoms with Crippen molar-refractivity contribution in [1.82, 2.24) is 4.98 Å². The number of carbonyl (C=O) groups is 1. The van der Waals surface area contributed by atoms with E-state index in [4.69, 9.17) is 4.98 Å². The number of aromatic nitrogens is 1. The quantitative estimate of drug-likeness (QED) is 0.846. The normalized spacial score (nSPS) is 24.5. The van der Waals surface area contributed by atoms with E-state index in [0.29, 0.717) is 6.42 Å². The molecule has 1 aliphatic heterocycles. The third-order valence-corrected chi connectivity index (χ3v) is 6.62. The Kier molecular flexibility index (Phi) is 3.69. The van der Waals surface area contributed by atoms with E-state index in [9.17, 15) is 4.79 Å². The Balaban J connectivity index is 2.04. The Bertz CT molecular complexity index is 884. The second kappa shape index (κ2) is 5.56. The van der Waals surface area contributed by atoms with Gasteiger partial charge in [-0.3, -0.25) is 4.79 Å². The first-order valence-electron chi connectivity index (χ1n) is 8.95. The summed E-state index contributed by atoms with van der Waals surface area (Å²) >= 11 is 1.71. The second-order valence-corrected chi connectivity index (χ2v) is 9.16. The number of thiazole rings is 1. The van der Waals surface area contributed by atoms with Crippen LogP contribution in [0.3, 0.4) is 0 Å². The zero-order valence-corrected chi connectivity index (χ0v) is 16.1. The summed E-state index contributed by atoms with van der Waals surface area (Å²) in [5.74, 6) is 1.22. The smallest absolute Gasteiger partial charge is 0.177 e. The first-order valence-corrected chi connectivity index (χ1v) is 9.76. The average molecular weight is 350 g/mol. The van der Waals surface area contributed by atoms with Crippen molar-refractivity contribution in [2.45, 2.75) is 45.4 Å². The van der Waals surface area contributed by atoms with Gasteiger partial charge < -0.3 is 5.32 Å². The first kappa shape index (κ1) is 16.6. The van der Waals surface area contributed by atoms with Crippen molar-refractivity contribution < 1.29 is 4.79 Å². The molecule has 0 radical (unpaired) electrons. The Morgan fingerprint density at radius 1 is 1.24 bits per heavy atom. The lowest BCUT2D eigenvalue weighted by Gasteiger charge is -2.44. The second-order valence-electron chi connectivity index (χ2n) is 7.96. The molecule has 25 heavy (non-hydrogen) atoms. The molecule has 0 amide bonds. The molecule has 3 nitrogen and oxygen atoms in total. The zero-order chi connectivity index (χ0) is 17.8. The van der Waals surface area contributed by atoms with Crippen LogP contribution in [0.15, 0.2) is 41.6 Å². The molecule has 0 saturated heterocycles. The number of rotatable bonds is 2. The molecule has 2 heterocycles. The summed E-state index contributed by atoms with van der Waals surface area (Å²) in [6.07, 6.45) is 2.35. The van der Waals surface area contributed by atoms with Gasteiger partial charge >= 0.3 is 0 Å². The molecule has 0 spiro atoms. The van der Waals surface area contributed by atoms with Gasteiger partial charge in [0, 0.05) is 22.6 Å². The van der Waals surface area contributed by atoms with Gasteiger partial charge in [0.1, 0.15) is 5.82 Å². The molecule has 2 aliphatic rings. The highest BCUT2D eigenvalue weighted by Crippen LogP contribution is 2.54. The fourth-order valence-corrected chi connectivity index (χ4v) is 5.68. The van der Waals surface area contributed by atoms with Crippen molar-refractivity contribution in [2.75, 3.05) is 5.32 Å². The molecule has 2 aromatic rings. The Hall–Kier alpha value is -1.88. The summed E-state index contributed by atoms with van der Waals surface area (Å²) < 4.78 is 0. The summed E-state index contributed by atoms with van der Waals surface area (Å²) in [6.45, 7) is 6.54. The third-order valence-electron chi connectivity index (χ3n) is 5.49. The number of allylic oxidation sites excluding steroid dienone is 2. The third kappa shape index (κ3) is 2.40. The summed E-state index contributed by atoms with van der Waals surface area (Å²) in [6, 6.07) is 10.5. The summed E-state index contributed by atoms with van der Waals surface area (Å²) in [7, 11) is 2.04. The number of Topliss-reactive ketones (excluding diaryl/α,β-unsaturated/α-hetero) is 1. The minimum atomic E-state index is -0.378. The van der Waals surface area contributed by atoms with Crippen LogP contribution in [0.4, 0.5) is 5.82 Å². The van der Waals surface area contributed by atoms with E-state index in [1.54, 1.807) is 11.3 Å². The highest BCUT2D eigenvalue weighted by atomic mass is 32.1. The number of fused-ring (bicyclic) bond motifs is 1. The van der Waals surface area contributed by atoms with E-state index in [0.717, 1.165) is 34.8 Å². The van der Waals surface area contributed by atoms with Crippen LogP contribution in [-0.2, 0) is 10.2 Å². The predicted molar refractivity (Wildman–Crippen MR) is 106 cm³/mol. The lowest BCUT2D eigenvalue weighted by molar-refractivity contribution is -0.118. The van der Waals surface area contributed by atoms with Crippen LogP contribution in [0.1, 0.15) is 50.5 Å². The van der Waals surface area contributed by atoms with Crippen LogP contribution < -0.4 is 10.2 Å². The van der Waals surface area contributed by atoms with Crippen molar-refractivity contribution in [3.05, 3.63) is 52.0 Å². The number of hydrogen-bond acceptors (Lipinski definition) is 4. The number of carbonyl (C=O) groups excluding carboxylic acids is 1. The molecule has 5 heteroatoms. The van der Waals surface area contributed by atoms with Gasteiger partial charge in [0.15, 0.2) is 13.6 Å². The number of anilines is 1. The molecule has 1 aromatic carbocycles. The Labute approximate surface area is 154 Å². The van der Waals surface area contributed by atoms with Gasteiger partial charge in [-0.05, 0) is 23.8 Å². The molecule has 0 fully saturated rings. The standard InChI is InChI=1S/C20H23BN2OS/c1-4-20(12-8-6-5-7-9-12)15-13(10-19(2,3)11-14(15)24)22-17-16(20)25-18(21)23-17/h5-9,22H,4,10-11,21H2,1-3H3. The average Bonchev–Trinajstić information content (AvgIpc) is 2.92. The van der Waals surface area contributed by atoms with Crippen LogP contribution in [0.5, 0.6) is 0 Å². The SMILES string of the molecule is Bc1nc2c(s1)C(CC)(c1ccccc1)C1=C(CC(C)(C)CC1=O)N2. The number of nitrogens with one attached hydrogen (secondary N) is 1. The van der Waals surface area contributed by atoms with Gasteiger partial charge in [-0.2, -0.15) is 0 Å². The van der Waals surface area contributed by atoms with E-state index in [1.807, 2.05) is 13.9 Å². The fourth-order valence-electron chi connectivity index (χ4n) is 4.52. The summed E-state index contributed by atoms with van der Waals surface area (Å²) in [5.41, 5.74) is 2.85. The fraction of sp³-hybridized carbons (Fsp3) is 0.400. The predicted octanol–water partition coefficient (Wildman–Crippen LogP) is 3.17. The molecule has 1 unspecified atom stereocenters. The molecular weight excluding hydrogens is 327 g/mol. The van der Waals surface area contributed by atoms with E-state index in [2.05, 4.69) is 50.4 Å². The van der Waals surface area contributed by atoms with Crippen LogP contribution in [0, 0.1) is 5.41 Å². The molecule has 1 atom stereocenters.